The molecule has 82 valence electrons. The van der Waals surface area contributed by atoms with Crippen LogP contribution in [0.4, 0.5) is 11.6 Å². The van der Waals surface area contributed by atoms with Crippen LogP contribution in [0.2, 0.25) is 5.02 Å². The Balaban J connectivity index is 2.22. The van der Waals surface area contributed by atoms with Gasteiger partial charge in [0.2, 0.25) is 0 Å². The van der Waals surface area contributed by atoms with E-state index in [0.717, 1.165) is 0 Å². The van der Waals surface area contributed by atoms with Gasteiger partial charge in [0, 0.05) is 35.4 Å². The molecule has 1 saturated heterocycles. The molecular weight excluding hydrogens is 236 g/mol. The third-order valence-electron chi connectivity index (χ3n) is 2.28. The molecule has 0 spiro atoms. The lowest BCUT2D eigenvalue weighted by Crippen LogP contribution is -2.38. The van der Waals surface area contributed by atoms with Crippen LogP contribution in [0.1, 0.15) is 0 Å². The Kier molecular flexibility index (Phi) is 3.06. The molecule has 0 aliphatic carbocycles. The van der Waals surface area contributed by atoms with E-state index in [1.165, 1.54) is 6.33 Å². The van der Waals surface area contributed by atoms with Crippen molar-refractivity contribution in [3.8, 4) is 0 Å². The van der Waals surface area contributed by atoms with Gasteiger partial charge in [-0.05, 0) is 0 Å². The van der Waals surface area contributed by atoms with Crippen molar-refractivity contribution in [3.05, 3.63) is 11.3 Å². The zero-order valence-electron chi connectivity index (χ0n) is 8.02. The van der Waals surface area contributed by atoms with Crippen molar-refractivity contribution >= 4 is 34.0 Å². The minimum absolute atomic E-state index is 0.286. The number of nitrogens with two attached hydrogens (primary N) is 1. The van der Waals surface area contributed by atoms with E-state index in [1.807, 2.05) is 4.90 Å². The number of anilines is 2. The van der Waals surface area contributed by atoms with E-state index in [0.29, 0.717) is 35.4 Å². The molecule has 0 bridgehead atoms. The Morgan fingerprint density at radius 1 is 1.40 bits per heavy atom. The summed E-state index contributed by atoms with van der Waals surface area (Å²) in [4.78, 5) is 9.88. The lowest BCUT2D eigenvalue weighted by Gasteiger charge is -2.27. The van der Waals surface area contributed by atoms with E-state index in [-0.39, 0.29) is 5.82 Å². The van der Waals surface area contributed by atoms with Crippen LogP contribution in [0.3, 0.4) is 0 Å². The first-order valence-corrected chi connectivity index (χ1v) is 6.41. The standard InChI is InChI=1S/C8H11ClN4OS/c9-6-7(10)11-5-12-8(6)13-1-3-15(14)4-2-13/h5H,1-4H2,(H2,10,11,12). The second-order valence-electron chi connectivity index (χ2n) is 3.23. The maximum atomic E-state index is 11.2. The zero-order chi connectivity index (χ0) is 10.8. The summed E-state index contributed by atoms with van der Waals surface area (Å²) in [6, 6.07) is 0. The largest absolute Gasteiger partial charge is 0.382 e. The number of nitrogens with zero attached hydrogens (tertiary/aromatic N) is 3. The summed E-state index contributed by atoms with van der Waals surface area (Å²) in [6.45, 7) is 1.39. The third-order valence-corrected chi connectivity index (χ3v) is 3.91. The molecule has 0 saturated carbocycles. The van der Waals surface area contributed by atoms with Crippen LogP contribution < -0.4 is 10.6 Å². The summed E-state index contributed by atoms with van der Waals surface area (Å²) in [5.74, 6) is 2.23. The molecule has 15 heavy (non-hydrogen) atoms. The molecule has 1 aromatic heterocycles. The van der Waals surface area contributed by atoms with Crippen molar-refractivity contribution < 1.29 is 4.21 Å². The Labute approximate surface area is 95.1 Å². The predicted octanol–water partition coefficient (Wildman–Crippen LogP) is 0.281. The molecule has 0 aromatic carbocycles. The monoisotopic (exact) mass is 246 g/mol. The van der Waals surface area contributed by atoms with Gasteiger partial charge in [-0.2, -0.15) is 0 Å². The summed E-state index contributed by atoms with van der Waals surface area (Å²) < 4.78 is 11.2. The summed E-state index contributed by atoms with van der Waals surface area (Å²) in [5.41, 5.74) is 5.58. The molecule has 2 heterocycles. The lowest BCUT2D eigenvalue weighted by molar-refractivity contribution is 0.672. The van der Waals surface area contributed by atoms with Crippen molar-refractivity contribution in [2.75, 3.05) is 35.2 Å². The summed E-state index contributed by atoms with van der Waals surface area (Å²) in [6.07, 6.45) is 1.39. The van der Waals surface area contributed by atoms with Crippen LogP contribution in [-0.4, -0.2) is 38.8 Å². The van der Waals surface area contributed by atoms with Gasteiger partial charge in [0.05, 0.1) is 0 Å². The van der Waals surface area contributed by atoms with Crippen LogP contribution in [0.25, 0.3) is 0 Å². The molecule has 1 aliphatic rings. The molecule has 2 N–H and O–H groups in total. The minimum Gasteiger partial charge on any atom is -0.382 e. The van der Waals surface area contributed by atoms with Gasteiger partial charge in [-0.15, -0.1) is 0 Å². The van der Waals surface area contributed by atoms with E-state index >= 15 is 0 Å². The number of aromatic nitrogens is 2. The maximum Gasteiger partial charge on any atom is 0.153 e. The summed E-state index contributed by atoms with van der Waals surface area (Å²) in [5, 5.41) is 0.380. The molecule has 5 nitrogen and oxygen atoms in total. The van der Waals surface area contributed by atoms with Gasteiger partial charge in [-0.3, -0.25) is 4.21 Å². The van der Waals surface area contributed by atoms with Crippen molar-refractivity contribution in [3.63, 3.8) is 0 Å². The van der Waals surface area contributed by atoms with Crippen LogP contribution in [0.15, 0.2) is 6.33 Å². The zero-order valence-corrected chi connectivity index (χ0v) is 9.59. The van der Waals surface area contributed by atoms with Gasteiger partial charge >= 0.3 is 0 Å². The molecule has 0 unspecified atom stereocenters. The number of hydrogen-bond donors (Lipinski definition) is 1. The smallest absolute Gasteiger partial charge is 0.153 e. The predicted molar refractivity (Wildman–Crippen MR) is 61.5 cm³/mol. The third kappa shape index (κ3) is 2.21. The van der Waals surface area contributed by atoms with Crippen LogP contribution >= 0.6 is 11.6 Å². The highest BCUT2D eigenvalue weighted by Gasteiger charge is 2.19. The first kappa shape index (κ1) is 10.6. The average molecular weight is 247 g/mol. The number of halogens is 1. The molecule has 1 aliphatic heterocycles. The normalized spacial score (nSPS) is 18.1. The fourth-order valence-corrected chi connectivity index (χ4v) is 2.71. The van der Waals surface area contributed by atoms with Crippen LogP contribution in [-0.2, 0) is 10.8 Å². The second-order valence-corrected chi connectivity index (χ2v) is 5.31. The highest BCUT2D eigenvalue weighted by molar-refractivity contribution is 7.85. The fourth-order valence-electron chi connectivity index (χ4n) is 1.44. The Hall–Kier alpha value is -0.880. The van der Waals surface area contributed by atoms with Gasteiger partial charge in [-0.1, -0.05) is 11.6 Å². The topological polar surface area (TPSA) is 72.1 Å². The highest BCUT2D eigenvalue weighted by atomic mass is 35.5. The lowest BCUT2D eigenvalue weighted by atomic mass is 10.4. The number of hydrogen-bond acceptors (Lipinski definition) is 5. The molecule has 1 fully saturated rings. The van der Waals surface area contributed by atoms with Gasteiger partial charge in [-0.25, -0.2) is 9.97 Å². The van der Waals surface area contributed by atoms with Crippen molar-refractivity contribution in [2.45, 2.75) is 0 Å². The number of nitrogen functional groups attached to an aromatic ring is 1. The van der Waals surface area contributed by atoms with E-state index in [4.69, 9.17) is 17.3 Å². The van der Waals surface area contributed by atoms with Crippen molar-refractivity contribution in [2.24, 2.45) is 0 Å². The fraction of sp³-hybridized carbons (Fsp3) is 0.500. The average Bonchev–Trinajstić information content (AvgIpc) is 2.24. The Bertz CT molecular complexity index is 390. The first-order chi connectivity index (χ1) is 7.18. The molecule has 0 atom stereocenters. The molecule has 0 amide bonds. The van der Waals surface area contributed by atoms with E-state index in [1.54, 1.807) is 0 Å². The molecule has 2 rings (SSSR count). The van der Waals surface area contributed by atoms with Gasteiger partial charge in [0.15, 0.2) is 5.82 Å². The quantitative estimate of drug-likeness (QED) is 0.771. The summed E-state index contributed by atoms with van der Waals surface area (Å²) in [7, 11) is -0.706. The van der Waals surface area contributed by atoms with E-state index < -0.39 is 10.8 Å². The first-order valence-electron chi connectivity index (χ1n) is 4.54. The second kappa shape index (κ2) is 4.32. The van der Waals surface area contributed by atoms with Crippen LogP contribution in [0.5, 0.6) is 0 Å². The van der Waals surface area contributed by atoms with Crippen molar-refractivity contribution in [1.29, 1.82) is 0 Å². The van der Waals surface area contributed by atoms with Crippen LogP contribution in [0, 0.1) is 0 Å². The van der Waals surface area contributed by atoms with Gasteiger partial charge < -0.3 is 10.6 Å². The molecule has 1 aromatic rings. The molecule has 0 radical (unpaired) electrons. The van der Waals surface area contributed by atoms with E-state index in [9.17, 15) is 4.21 Å². The number of rotatable bonds is 1. The van der Waals surface area contributed by atoms with Gasteiger partial charge in [0.25, 0.3) is 0 Å². The maximum absolute atomic E-state index is 11.2. The molecular formula is C8H11ClN4OS. The van der Waals surface area contributed by atoms with Gasteiger partial charge in [0.1, 0.15) is 17.2 Å². The summed E-state index contributed by atoms with van der Waals surface area (Å²) >= 11 is 6.00. The Morgan fingerprint density at radius 3 is 2.73 bits per heavy atom. The van der Waals surface area contributed by atoms with E-state index in [2.05, 4.69) is 9.97 Å². The highest BCUT2D eigenvalue weighted by Crippen LogP contribution is 2.27. The Morgan fingerprint density at radius 2 is 2.07 bits per heavy atom. The molecule has 7 heteroatoms. The minimum atomic E-state index is -0.706. The SMILES string of the molecule is Nc1ncnc(N2CCS(=O)CC2)c1Cl. The van der Waals surface area contributed by atoms with Crippen molar-refractivity contribution in [1.82, 2.24) is 9.97 Å².